The molecule has 0 aliphatic rings. The molecular weight excluding hydrogens is 356 g/mol. The predicted molar refractivity (Wildman–Crippen MR) is 113 cm³/mol. The number of benzene rings is 1. The maximum absolute atomic E-state index is 9.45. The third-order valence-electron chi connectivity index (χ3n) is 4.27. The molecule has 1 aromatic carbocycles. The Labute approximate surface area is 167 Å². The first-order valence-corrected chi connectivity index (χ1v) is 9.78. The Bertz CT molecular complexity index is 722. The van der Waals surface area contributed by atoms with Crippen LogP contribution in [0.4, 0.5) is 17.8 Å². The Kier molecular flexibility index (Phi) is 8.74. The van der Waals surface area contributed by atoms with Crippen molar-refractivity contribution >= 4 is 17.8 Å². The van der Waals surface area contributed by atoms with Crippen LogP contribution in [0.3, 0.4) is 0 Å². The first-order chi connectivity index (χ1) is 13.5. The molecule has 0 spiro atoms. The molecular formula is C20H32N6O2. The van der Waals surface area contributed by atoms with Crippen LogP contribution in [0.25, 0.3) is 0 Å². The summed E-state index contributed by atoms with van der Waals surface area (Å²) < 4.78 is 5.26. The number of hydrogen-bond donors (Lipinski definition) is 4. The SMILES string of the molecule is CC[C@H](CO)Nc1nc(NCCC(C)C)nc(NCc2cccc(OC)c2)n1. The van der Waals surface area contributed by atoms with Crippen molar-refractivity contribution in [3.63, 3.8) is 0 Å². The minimum Gasteiger partial charge on any atom is -0.497 e. The zero-order valence-corrected chi connectivity index (χ0v) is 17.2. The van der Waals surface area contributed by atoms with Crippen LogP contribution in [-0.2, 0) is 6.54 Å². The van der Waals surface area contributed by atoms with Crippen molar-refractivity contribution in [2.45, 2.75) is 46.2 Å². The van der Waals surface area contributed by atoms with Crippen LogP contribution in [0, 0.1) is 5.92 Å². The second kappa shape index (κ2) is 11.3. The van der Waals surface area contributed by atoms with Gasteiger partial charge in [0.15, 0.2) is 0 Å². The lowest BCUT2D eigenvalue weighted by molar-refractivity contribution is 0.271. The average molecular weight is 389 g/mol. The van der Waals surface area contributed by atoms with E-state index in [4.69, 9.17) is 4.74 Å². The molecule has 2 rings (SSSR count). The van der Waals surface area contributed by atoms with E-state index in [1.54, 1.807) is 7.11 Å². The lowest BCUT2D eigenvalue weighted by Gasteiger charge is -2.16. The summed E-state index contributed by atoms with van der Waals surface area (Å²) >= 11 is 0. The van der Waals surface area contributed by atoms with Gasteiger partial charge in [-0.3, -0.25) is 0 Å². The van der Waals surface area contributed by atoms with Crippen LogP contribution in [0.1, 0.15) is 39.2 Å². The fourth-order valence-corrected chi connectivity index (χ4v) is 2.49. The number of methoxy groups -OCH3 is 1. The van der Waals surface area contributed by atoms with Gasteiger partial charge < -0.3 is 25.8 Å². The molecule has 0 aliphatic heterocycles. The molecule has 4 N–H and O–H groups in total. The van der Waals surface area contributed by atoms with Gasteiger partial charge in [-0.1, -0.05) is 32.9 Å². The topological polar surface area (TPSA) is 104 Å². The highest BCUT2D eigenvalue weighted by molar-refractivity contribution is 5.43. The monoisotopic (exact) mass is 388 g/mol. The Hall–Kier alpha value is -2.61. The van der Waals surface area contributed by atoms with Crippen LogP contribution in [0.5, 0.6) is 5.75 Å². The molecule has 1 atom stereocenters. The summed E-state index contributed by atoms with van der Waals surface area (Å²) in [6.07, 6.45) is 1.79. The largest absolute Gasteiger partial charge is 0.497 e. The minimum absolute atomic E-state index is 0.0187. The average Bonchev–Trinajstić information content (AvgIpc) is 2.70. The summed E-state index contributed by atoms with van der Waals surface area (Å²) in [5, 5.41) is 19.1. The molecule has 154 valence electrons. The highest BCUT2D eigenvalue weighted by Gasteiger charge is 2.11. The summed E-state index contributed by atoms with van der Waals surface area (Å²) in [5.74, 6) is 2.83. The molecule has 0 fully saturated rings. The van der Waals surface area contributed by atoms with Crippen molar-refractivity contribution in [3.8, 4) is 5.75 Å². The first kappa shape index (κ1) is 21.7. The Morgan fingerprint density at radius 2 is 1.79 bits per heavy atom. The molecule has 1 heterocycles. The smallest absolute Gasteiger partial charge is 0.229 e. The van der Waals surface area contributed by atoms with Gasteiger partial charge >= 0.3 is 0 Å². The minimum atomic E-state index is -0.0999. The number of nitrogens with one attached hydrogen (secondary N) is 3. The van der Waals surface area contributed by atoms with Crippen molar-refractivity contribution < 1.29 is 9.84 Å². The second-order valence-electron chi connectivity index (χ2n) is 7.05. The molecule has 8 heteroatoms. The normalized spacial score (nSPS) is 11.9. The summed E-state index contributed by atoms with van der Waals surface area (Å²) in [6.45, 7) is 7.72. The van der Waals surface area contributed by atoms with E-state index in [-0.39, 0.29) is 12.6 Å². The number of rotatable bonds is 12. The number of aliphatic hydroxyl groups is 1. The fraction of sp³-hybridized carbons (Fsp3) is 0.550. The Balaban J connectivity index is 2.12. The zero-order chi connectivity index (χ0) is 20.4. The van der Waals surface area contributed by atoms with Crippen LogP contribution in [0.2, 0.25) is 0 Å². The second-order valence-corrected chi connectivity index (χ2v) is 7.05. The number of ether oxygens (including phenoxy) is 1. The van der Waals surface area contributed by atoms with Crippen LogP contribution >= 0.6 is 0 Å². The van der Waals surface area contributed by atoms with Crippen molar-refractivity contribution in [1.29, 1.82) is 0 Å². The third kappa shape index (κ3) is 7.19. The lowest BCUT2D eigenvalue weighted by atomic mass is 10.1. The first-order valence-electron chi connectivity index (χ1n) is 9.78. The van der Waals surface area contributed by atoms with E-state index in [0.29, 0.717) is 30.3 Å². The highest BCUT2D eigenvalue weighted by atomic mass is 16.5. The summed E-state index contributed by atoms with van der Waals surface area (Å²) in [5.41, 5.74) is 1.06. The van der Waals surface area contributed by atoms with Gasteiger partial charge in [0.05, 0.1) is 19.8 Å². The van der Waals surface area contributed by atoms with E-state index in [0.717, 1.165) is 30.7 Å². The molecule has 28 heavy (non-hydrogen) atoms. The van der Waals surface area contributed by atoms with Crippen molar-refractivity contribution in [2.24, 2.45) is 5.92 Å². The van der Waals surface area contributed by atoms with Gasteiger partial charge in [-0.05, 0) is 36.5 Å². The van der Waals surface area contributed by atoms with Crippen LogP contribution in [0.15, 0.2) is 24.3 Å². The van der Waals surface area contributed by atoms with Crippen molar-refractivity contribution in [2.75, 3.05) is 36.2 Å². The van der Waals surface area contributed by atoms with Crippen LogP contribution in [-0.4, -0.2) is 46.4 Å². The number of aromatic nitrogens is 3. The Morgan fingerprint density at radius 3 is 2.43 bits per heavy atom. The maximum atomic E-state index is 9.45. The summed E-state index contributed by atoms with van der Waals surface area (Å²) in [7, 11) is 1.65. The Morgan fingerprint density at radius 1 is 1.07 bits per heavy atom. The van der Waals surface area contributed by atoms with Crippen molar-refractivity contribution in [3.05, 3.63) is 29.8 Å². The van der Waals surface area contributed by atoms with Crippen LogP contribution < -0.4 is 20.7 Å². The van der Waals surface area contributed by atoms with E-state index < -0.39 is 0 Å². The fourth-order valence-electron chi connectivity index (χ4n) is 2.49. The van der Waals surface area contributed by atoms with Gasteiger partial charge in [-0.2, -0.15) is 15.0 Å². The predicted octanol–water partition coefficient (Wildman–Crippen LogP) is 3.13. The van der Waals surface area contributed by atoms with Gasteiger partial charge in [0.25, 0.3) is 0 Å². The van der Waals surface area contributed by atoms with Gasteiger partial charge in [0, 0.05) is 13.1 Å². The number of anilines is 3. The van der Waals surface area contributed by atoms with E-state index in [2.05, 4.69) is 44.7 Å². The quantitative estimate of drug-likeness (QED) is 0.440. The van der Waals surface area contributed by atoms with Gasteiger partial charge in [0.1, 0.15) is 5.75 Å². The summed E-state index contributed by atoms with van der Waals surface area (Å²) in [4.78, 5) is 13.3. The number of aliphatic hydroxyl groups excluding tert-OH is 1. The van der Waals surface area contributed by atoms with Gasteiger partial charge in [0.2, 0.25) is 17.8 Å². The molecule has 0 bridgehead atoms. The molecule has 0 radical (unpaired) electrons. The molecule has 2 aromatic rings. The van der Waals surface area contributed by atoms with E-state index >= 15 is 0 Å². The molecule has 8 nitrogen and oxygen atoms in total. The van der Waals surface area contributed by atoms with E-state index in [1.807, 2.05) is 31.2 Å². The third-order valence-corrected chi connectivity index (χ3v) is 4.27. The van der Waals surface area contributed by atoms with Gasteiger partial charge in [-0.15, -0.1) is 0 Å². The molecule has 0 unspecified atom stereocenters. The summed E-state index contributed by atoms with van der Waals surface area (Å²) in [6, 6.07) is 7.73. The lowest BCUT2D eigenvalue weighted by Crippen LogP contribution is -2.25. The zero-order valence-electron chi connectivity index (χ0n) is 17.2. The standard InChI is InChI=1S/C20H32N6O2/c1-5-16(13-27)23-20-25-18(21-10-9-14(2)3)24-19(26-20)22-12-15-7-6-8-17(11-15)28-4/h6-8,11,14,16,27H,5,9-10,12-13H2,1-4H3,(H3,21,22,23,24,25,26)/t16-/m1/s1. The molecule has 0 saturated carbocycles. The van der Waals surface area contributed by atoms with E-state index in [9.17, 15) is 5.11 Å². The number of hydrogen-bond acceptors (Lipinski definition) is 8. The molecule has 0 aliphatic carbocycles. The molecule has 0 saturated heterocycles. The van der Waals surface area contributed by atoms with E-state index in [1.165, 1.54) is 0 Å². The highest BCUT2D eigenvalue weighted by Crippen LogP contribution is 2.15. The van der Waals surface area contributed by atoms with Crippen molar-refractivity contribution in [1.82, 2.24) is 15.0 Å². The maximum Gasteiger partial charge on any atom is 0.229 e. The molecule has 1 aromatic heterocycles. The van der Waals surface area contributed by atoms with Gasteiger partial charge in [-0.25, -0.2) is 0 Å². The number of nitrogens with zero attached hydrogens (tertiary/aromatic N) is 3. The molecule has 0 amide bonds.